The lowest BCUT2D eigenvalue weighted by Gasteiger charge is -2.15. The van der Waals surface area contributed by atoms with Gasteiger partial charge in [-0.25, -0.2) is 15.8 Å². The molecule has 0 spiro atoms. The van der Waals surface area contributed by atoms with Crippen LogP contribution in [-0.2, 0) is 0 Å². The number of aryl methyl sites for hydroxylation is 1. The molecule has 1 aromatic heterocycles. The van der Waals surface area contributed by atoms with Crippen LogP contribution < -0.4 is 11.3 Å². The van der Waals surface area contributed by atoms with Gasteiger partial charge in [0.05, 0.1) is 0 Å². The molecule has 4 nitrogen and oxygen atoms in total. The van der Waals surface area contributed by atoms with E-state index >= 15 is 0 Å². The molecule has 0 saturated carbocycles. The Labute approximate surface area is 118 Å². The first-order chi connectivity index (χ1) is 9.02. The van der Waals surface area contributed by atoms with Crippen molar-refractivity contribution in [1.82, 2.24) is 9.97 Å². The second-order valence-corrected chi connectivity index (χ2v) is 5.14. The number of aromatic nitrogens is 2. The third-order valence-corrected chi connectivity index (χ3v) is 3.17. The number of nitrogens with one attached hydrogen (secondary N) is 1. The Morgan fingerprint density at radius 3 is 2.58 bits per heavy atom. The van der Waals surface area contributed by atoms with E-state index in [1.165, 1.54) is 0 Å². The first-order valence-electron chi connectivity index (χ1n) is 6.14. The first kappa shape index (κ1) is 13.8. The molecule has 0 aliphatic carbocycles. The Hall–Kier alpha value is -1.65. The number of hydrazine groups is 1. The molecule has 0 fully saturated rings. The van der Waals surface area contributed by atoms with Gasteiger partial charge in [-0.1, -0.05) is 37.6 Å². The molecule has 0 amide bonds. The largest absolute Gasteiger partial charge is 0.308 e. The molecule has 0 aliphatic heterocycles. The summed E-state index contributed by atoms with van der Waals surface area (Å²) in [5, 5.41) is 0.661. The van der Waals surface area contributed by atoms with Crippen molar-refractivity contribution in [2.24, 2.45) is 5.84 Å². The van der Waals surface area contributed by atoms with Gasteiger partial charge in [-0.2, -0.15) is 0 Å². The minimum atomic E-state index is 0.305. The quantitative estimate of drug-likeness (QED) is 0.665. The summed E-state index contributed by atoms with van der Waals surface area (Å²) in [4.78, 5) is 9.03. The van der Waals surface area contributed by atoms with E-state index in [0.29, 0.717) is 22.6 Å². The van der Waals surface area contributed by atoms with Gasteiger partial charge in [-0.05, 0) is 25.0 Å². The number of hydrogen-bond acceptors (Lipinski definition) is 4. The molecule has 5 heteroatoms. The molecule has 1 aromatic carbocycles. The van der Waals surface area contributed by atoms with Crippen LogP contribution in [0.25, 0.3) is 11.4 Å². The van der Waals surface area contributed by atoms with Crippen molar-refractivity contribution in [3.8, 4) is 11.4 Å². The van der Waals surface area contributed by atoms with Crippen molar-refractivity contribution < 1.29 is 0 Å². The molecule has 0 saturated heterocycles. The Kier molecular flexibility index (Phi) is 4.02. The number of nitrogen functional groups attached to an aromatic ring is 1. The second kappa shape index (κ2) is 5.55. The molecule has 0 bridgehead atoms. The van der Waals surface area contributed by atoms with Crippen LogP contribution >= 0.6 is 11.6 Å². The van der Waals surface area contributed by atoms with Crippen molar-refractivity contribution in [1.29, 1.82) is 0 Å². The molecule has 2 aromatic rings. The minimum Gasteiger partial charge on any atom is -0.308 e. The van der Waals surface area contributed by atoms with Crippen molar-refractivity contribution >= 4 is 17.4 Å². The fourth-order valence-corrected chi connectivity index (χ4v) is 2.33. The van der Waals surface area contributed by atoms with E-state index in [0.717, 1.165) is 16.8 Å². The van der Waals surface area contributed by atoms with Gasteiger partial charge < -0.3 is 5.43 Å². The maximum atomic E-state index is 5.99. The van der Waals surface area contributed by atoms with Gasteiger partial charge in [0.2, 0.25) is 0 Å². The predicted octanol–water partition coefficient (Wildman–Crippen LogP) is 3.51. The highest BCUT2D eigenvalue weighted by Gasteiger charge is 2.14. The Morgan fingerprint density at radius 2 is 2.00 bits per heavy atom. The van der Waals surface area contributed by atoms with E-state index in [-0.39, 0.29) is 0 Å². The number of hydrogen-bond donors (Lipinski definition) is 2. The number of nitrogens with two attached hydrogens (primary N) is 1. The predicted molar refractivity (Wildman–Crippen MR) is 79.1 cm³/mol. The van der Waals surface area contributed by atoms with Crippen molar-refractivity contribution in [2.75, 3.05) is 5.43 Å². The zero-order valence-corrected chi connectivity index (χ0v) is 12.0. The van der Waals surface area contributed by atoms with Crippen molar-refractivity contribution in [2.45, 2.75) is 26.7 Å². The molecule has 19 heavy (non-hydrogen) atoms. The molecule has 1 heterocycles. The van der Waals surface area contributed by atoms with E-state index in [1.807, 2.05) is 31.2 Å². The minimum absolute atomic E-state index is 0.305. The van der Waals surface area contributed by atoms with Crippen LogP contribution in [0, 0.1) is 6.92 Å². The van der Waals surface area contributed by atoms with Crippen LogP contribution in [0.3, 0.4) is 0 Å². The number of rotatable bonds is 3. The monoisotopic (exact) mass is 276 g/mol. The maximum absolute atomic E-state index is 5.99. The van der Waals surface area contributed by atoms with E-state index in [2.05, 4.69) is 29.2 Å². The van der Waals surface area contributed by atoms with E-state index in [1.54, 1.807) is 0 Å². The van der Waals surface area contributed by atoms with Crippen LogP contribution in [0.2, 0.25) is 5.02 Å². The molecule has 0 unspecified atom stereocenters. The summed E-state index contributed by atoms with van der Waals surface area (Å²) in [5.74, 6) is 7.16. The SMILES string of the molecule is Cc1nc(-c2cccc(Cl)c2)nc(NN)c1C(C)C. The van der Waals surface area contributed by atoms with E-state index in [4.69, 9.17) is 17.4 Å². The van der Waals surface area contributed by atoms with Gasteiger partial charge in [0.1, 0.15) is 5.82 Å². The van der Waals surface area contributed by atoms with Gasteiger partial charge >= 0.3 is 0 Å². The van der Waals surface area contributed by atoms with E-state index in [9.17, 15) is 0 Å². The number of benzene rings is 1. The lowest BCUT2D eigenvalue weighted by Crippen LogP contribution is -2.14. The summed E-state index contributed by atoms with van der Waals surface area (Å²) in [6, 6.07) is 7.46. The third-order valence-electron chi connectivity index (χ3n) is 2.93. The third kappa shape index (κ3) is 2.85. The number of anilines is 1. The fraction of sp³-hybridized carbons (Fsp3) is 0.286. The summed E-state index contributed by atoms with van der Waals surface area (Å²) < 4.78 is 0. The molecule has 100 valence electrons. The average molecular weight is 277 g/mol. The summed E-state index contributed by atoms with van der Waals surface area (Å²) in [6.45, 7) is 6.14. The topological polar surface area (TPSA) is 63.8 Å². The van der Waals surface area contributed by atoms with Crippen LogP contribution in [-0.4, -0.2) is 9.97 Å². The summed E-state index contributed by atoms with van der Waals surface area (Å²) in [6.07, 6.45) is 0. The van der Waals surface area contributed by atoms with Gasteiger partial charge in [0, 0.05) is 21.8 Å². The molecule has 0 aliphatic rings. The van der Waals surface area contributed by atoms with Crippen LogP contribution in [0.5, 0.6) is 0 Å². The van der Waals surface area contributed by atoms with Gasteiger partial charge in [-0.15, -0.1) is 0 Å². The Balaban J connectivity index is 2.58. The maximum Gasteiger partial charge on any atom is 0.161 e. The molecule has 3 N–H and O–H groups in total. The summed E-state index contributed by atoms with van der Waals surface area (Å²) in [5.41, 5.74) is 5.50. The lowest BCUT2D eigenvalue weighted by atomic mass is 10.0. The van der Waals surface area contributed by atoms with Crippen LogP contribution in [0.15, 0.2) is 24.3 Å². The average Bonchev–Trinajstić information content (AvgIpc) is 2.37. The van der Waals surface area contributed by atoms with Gasteiger partial charge in [0.15, 0.2) is 5.82 Å². The Bertz CT molecular complexity index is 596. The number of nitrogens with zero attached hydrogens (tertiary/aromatic N) is 2. The normalized spacial score (nSPS) is 10.8. The van der Waals surface area contributed by atoms with Crippen LogP contribution in [0.1, 0.15) is 31.0 Å². The zero-order valence-electron chi connectivity index (χ0n) is 11.2. The summed E-state index contributed by atoms with van der Waals surface area (Å²) in [7, 11) is 0. The van der Waals surface area contributed by atoms with Crippen molar-refractivity contribution in [3.05, 3.63) is 40.5 Å². The zero-order chi connectivity index (χ0) is 14.0. The van der Waals surface area contributed by atoms with Crippen molar-refractivity contribution in [3.63, 3.8) is 0 Å². The van der Waals surface area contributed by atoms with Crippen LogP contribution in [0.4, 0.5) is 5.82 Å². The highest BCUT2D eigenvalue weighted by molar-refractivity contribution is 6.30. The highest BCUT2D eigenvalue weighted by Crippen LogP contribution is 2.28. The number of halogens is 1. The molecular formula is C14H17ClN4. The standard InChI is InChI=1S/C14H17ClN4/c1-8(2)12-9(3)17-13(18-14(12)19-16)10-5-4-6-11(15)7-10/h4-8H,16H2,1-3H3,(H,17,18,19). The fourth-order valence-electron chi connectivity index (χ4n) is 2.14. The molecule has 0 atom stereocenters. The second-order valence-electron chi connectivity index (χ2n) is 4.70. The lowest BCUT2D eigenvalue weighted by molar-refractivity contribution is 0.832. The highest BCUT2D eigenvalue weighted by atomic mass is 35.5. The first-order valence-corrected chi connectivity index (χ1v) is 6.51. The van der Waals surface area contributed by atoms with E-state index < -0.39 is 0 Å². The van der Waals surface area contributed by atoms with Gasteiger partial charge in [-0.3, -0.25) is 0 Å². The van der Waals surface area contributed by atoms with Gasteiger partial charge in [0.25, 0.3) is 0 Å². The Morgan fingerprint density at radius 1 is 1.26 bits per heavy atom. The smallest absolute Gasteiger partial charge is 0.161 e. The molecule has 2 rings (SSSR count). The molecular weight excluding hydrogens is 260 g/mol. The summed E-state index contributed by atoms with van der Waals surface area (Å²) >= 11 is 5.99. The molecule has 0 radical (unpaired) electrons.